The molecule has 8 heteroatoms. The van der Waals surface area contributed by atoms with Gasteiger partial charge in [0.25, 0.3) is 5.91 Å². The molecule has 2 heterocycles. The first kappa shape index (κ1) is 23.3. The van der Waals surface area contributed by atoms with E-state index < -0.39 is 0 Å². The van der Waals surface area contributed by atoms with Crippen LogP contribution in [-0.4, -0.2) is 98.8 Å². The smallest absolute Gasteiger partial charge is 0.319 e. The predicted octanol–water partition coefficient (Wildman–Crippen LogP) is 2.05. The number of carbonyl (C=O) groups excluding carboxylic acids is 2. The third kappa shape index (κ3) is 6.11. The van der Waals surface area contributed by atoms with E-state index in [0.717, 1.165) is 52.0 Å². The van der Waals surface area contributed by atoms with E-state index in [9.17, 15) is 9.59 Å². The Morgan fingerprint density at radius 3 is 2.65 bits per heavy atom. The lowest BCUT2D eigenvalue weighted by Crippen LogP contribution is -2.56. The van der Waals surface area contributed by atoms with E-state index in [0.29, 0.717) is 24.5 Å². The van der Waals surface area contributed by atoms with Crippen LogP contribution in [-0.2, 0) is 4.74 Å². The number of carbonyl (C=O) groups is 2. The number of rotatable bonds is 8. The first-order valence-corrected chi connectivity index (χ1v) is 11.3. The highest BCUT2D eigenvalue weighted by molar-refractivity contribution is 5.97. The van der Waals surface area contributed by atoms with Gasteiger partial charge in [0.05, 0.1) is 24.8 Å². The maximum absolute atomic E-state index is 12.8. The molecule has 3 amide bonds. The number of urea groups is 1. The third-order valence-electron chi connectivity index (χ3n) is 6.15. The van der Waals surface area contributed by atoms with Gasteiger partial charge >= 0.3 is 6.03 Å². The first-order valence-electron chi connectivity index (χ1n) is 11.3. The highest BCUT2D eigenvalue weighted by atomic mass is 16.5. The van der Waals surface area contributed by atoms with E-state index in [2.05, 4.69) is 10.2 Å². The Kier molecular flexibility index (Phi) is 8.54. The van der Waals surface area contributed by atoms with Crippen molar-refractivity contribution in [2.24, 2.45) is 0 Å². The van der Waals surface area contributed by atoms with Gasteiger partial charge in [0, 0.05) is 52.9 Å². The van der Waals surface area contributed by atoms with Crippen LogP contribution >= 0.6 is 0 Å². The summed E-state index contributed by atoms with van der Waals surface area (Å²) in [6, 6.07) is 7.31. The Bertz CT molecular complexity index is 738. The number of methoxy groups -OCH3 is 1. The largest absolute Gasteiger partial charge is 0.496 e. The second-order valence-electron chi connectivity index (χ2n) is 8.26. The van der Waals surface area contributed by atoms with Gasteiger partial charge in [-0.15, -0.1) is 0 Å². The minimum atomic E-state index is -0.142. The molecule has 8 nitrogen and oxygen atoms in total. The van der Waals surface area contributed by atoms with Crippen molar-refractivity contribution >= 4 is 11.9 Å². The summed E-state index contributed by atoms with van der Waals surface area (Å²) in [7, 11) is 3.44. The van der Waals surface area contributed by atoms with Crippen molar-refractivity contribution in [1.29, 1.82) is 0 Å². The molecule has 0 aromatic heterocycles. The molecule has 0 radical (unpaired) electrons. The van der Waals surface area contributed by atoms with E-state index in [1.54, 1.807) is 19.2 Å². The van der Waals surface area contributed by atoms with E-state index >= 15 is 0 Å². The first-order chi connectivity index (χ1) is 15.0. The van der Waals surface area contributed by atoms with Gasteiger partial charge in [-0.3, -0.25) is 9.69 Å². The quantitative estimate of drug-likeness (QED) is 0.681. The maximum Gasteiger partial charge on any atom is 0.319 e. The topological polar surface area (TPSA) is 74.4 Å². The van der Waals surface area contributed by atoms with Crippen LogP contribution < -0.4 is 10.1 Å². The zero-order valence-corrected chi connectivity index (χ0v) is 19.0. The lowest BCUT2D eigenvalue weighted by Gasteiger charge is -2.39. The third-order valence-corrected chi connectivity index (χ3v) is 6.15. The van der Waals surface area contributed by atoms with Gasteiger partial charge in [0.1, 0.15) is 5.75 Å². The summed E-state index contributed by atoms with van der Waals surface area (Å²) >= 11 is 0. The lowest BCUT2D eigenvalue weighted by molar-refractivity contribution is -0.0164. The Balaban J connectivity index is 1.52. The van der Waals surface area contributed by atoms with Gasteiger partial charge in [-0.1, -0.05) is 12.1 Å². The summed E-state index contributed by atoms with van der Waals surface area (Å²) < 4.78 is 11.3. The summed E-state index contributed by atoms with van der Waals surface area (Å²) in [4.78, 5) is 31.4. The van der Waals surface area contributed by atoms with Crippen LogP contribution in [0.2, 0.25) is 0 Å². The molecule has 2 unspecified atom stereocenters. The van der Waals surface area contributed by atoms with Crippen molar-refractivity contribution in [2.75, 3.05) is 60.0 Å². The summed E-state index contributed by atoms with van der Waals surface area (Å²) in [6.07, 6.45) is 2.92. The van der Waals surface area contributed by atoms with E-state index in [1.807, 2.05) is 35.9 Å². The normalized spacial score (nSPS) is 21.7. The molecule has 2 fully saturated rings. The van der Waals surface area contributed by atoms with Crippen LogP contribution in [0, 0.1) is 0 Å². The lowest BCUT2D eigenvalue weighted by atomic mass is 10.0. The number of hydrogen-bond acceptors (Lipinski definition) is 5. The Morgan fingerprint density at radius 2 is 1.94 bits per heavy atom. The van der Waals surface area contributed by atoms with E-state index in [-0.39, 0.29) is 24.1 Å². The fourth-order valence-corrected chi connectivity index (χ4v) is 4.35. The number of nitrogens with one attached hydrogen (secondary N) is 1. The summed E-state index contributed by atoms with van der Waals surface area (Å²) in [5.74, 6) is 0.424. The van der Waals surface area contributed by atoms with Crippen molar-refractivity contribution in [3.8, 4) is 5.75 Å². The maximum atomic E-state index is 12.8. The number of benzene rings is 1. The molecule has 1 aromatic rings. The van der Waals surface area contributed by atoms with Crippen molar-refractivity contribution in [3.05, 3.63) is 29.8 Å². The molecule has 3 rings (SSSR count). The predicted molar refractivity (Wildman–Crippen MR) is 120 cm³/mol. The molecule has 0 bridgehead atoms. The molecule has 1 N–H and O–H groups in total. The van der Waals surface area contributed by atoms with Crippen LogP contribution in [0.15, 0.2) is 24.3 Å². The van der Waals surface area contributed by atoms with Crippen molar-refractivity contribution < 1.29 is 19.1 Å². The average molecular weight is 433 g/mol. The van der Waals surface area contributed by atoms with Gasteiger partial charge in [0.15, 0.2) is 0 Å². The van der Waals surface area contributed by atoms with Crippen LogP contribution in [0.3, 0.4) is 0 Å². The van der Waals surface area contributed by atoms with E-state index in [1.165, 1.54) is 0 Å². The van der Waals surface area contributed by atoms with Crippen molar-refractivity contribution in [2.45, 2.75) is 38.3 Å². The van der Waals surface area contributed by atoms with Crippen LogP contribution in [0.1, 0.15) is 36.5 Å². The number of para-hydroxylation sites is 1. The van der Waals surface area contributed by atoms with Crippen LogP contribution in [0.5, 0.6) is 5.75 Å². The molecule has 2 aliphatic heterocycles. The summed E-state index contributed by atoms with van der Waals surface area (Å²) in [5.41, 5.74) is 0.532. The minimum Gasteiger partial charge on any atom is -0.496 e. The van der Waals surface area contributed by atoms with Gasteiger partial charge in [-0.25, -0.2) is 4.79 Å². The zero-order chi connectivity index (χ0) is 22.2. The Hall–Kier alpha value is -2.32. The molecule has 2 atom stereocenters. The van der Waals surface area contributed by atoms with Crippen molar-refractivity contribution in [3.63, 3.8) is 0 Å². The minimum absolute atomic E-state index is 0.0578. The molecule has 0 saturated carbocycles. The molecule has 172 valence electrons. The molecule has 2 saturated heterocycles. The number of piperidine rings is 1. The van der Waals surface area contributed by atoms with Crippen LogP contribution in [0.4, 0.5) is 4.79 Å². The van der Waals surface area contributed by atoms with Gasteiger partial charge in [-0.05, 0) is 38.3 Å². The molecule has 31 heavy (non-hydrogen) atoms. The molecule has 0 aliphatic carbocycles. The molecular weight excluding hydrogens is 396 g/mol. The average Bonchev–Trinajstić information content (AvgIpc) is 3.33. The zero-order valence-electron chi connectivity index (χ0n) is 19.0. The SMILES string of the molecule is CCOC1CN(CCN(C)C(=O)N2CCCC2)CCC1NC(=O)c1ccccc1OC. The number of nitrogens with zero attached hydrogens (tertiary/aromatic N) is 3. The van der Waals surface area contributed by atoms with Crippen molar-refractivity contribution in [1.82, 2.24) is 20.0 Å². The molecule has 1 aromatic carbocycles. The molecule has 2 aliphatic rings. The number of ether oxygens (including phenoxy) is 2. The van der Waals surface area contributed by atoms with E-state index in [4.69, 9.17) is 9.47 Å². The van der Waals surface area contributed by atoms with Gasteiger partial charge in [0.2, 0.25) is 0 Å². The second kappa shape index (κ2) is 11.3. The van der Waals surface area contributed by atoms with Crippen LogP contribution in [0.25, 0.3) is 0 Å². The number of amides is 3. The standard InChI is InChI=1S/C23H36N4O4/c1-4-31-21-17-26(16-15-25(2)23(29)27-12-7-8-13-27)14-11-19(21)24-22(28)18-9-5-6-10-20(18)30-3/h5-6,9-10,19,21H,4,7-8,11-17H2,1-3H3,(H,24,28). The molecule has 0 spiro atoms. The number of hydrogen-bond donors (Lipinski definition) is 1. The number of likely N-dealkylation sites (N-methyl/N-ethyl adjacent to an activating group) is 1. The summed E-state index contributed by atoms with van der Waals surface area (Å²) in [5, 5.41) is 3.14. The Labute approximate surface area is 185 Å². The summed E-state index contributed by atoms with van der Waals surface area (Å²) in [6.45, 7) is 7.37. The fourth-order valence-electron chi connectivity index (χ4n) is 4.35. The second-order valence-corrected chi connectivity index (χ2v) is 8.26. The van der Waals surface area contributed by atoms with Gasteiger partial charge < -0.3 is 24.6 Å². The molecular formula is C23H36N4O4. The van der Waals surface area contributed by atoms with Gasteiger partial charge in [-0.2, -0.15) is 0 Å². The fraction of sp³-hybridized carbons (Fsp3) is 0.652. The monoisotopic (exact) mass is 432 g/mol. The Morgan fingerprint density at radius 1 is 1.19 bits per heavy atom. The number of likely N-dealkylation sites (tertiary alicyclic amines) is 2. The highest BCUT2D eigenvalue weighted by Gasteiger charge is 2.32. The highest BCUT2D eigenvalue weighted by Crippen LogP contribution is 2.20.